The first-order valence-electron chi connectivity index (χ1n) is 7.10. The SMILES string of the molecule is CN(CCN1CCNCC1)C(=O)Cc1ccc(O)cc1. The second-order valence-electron chi connectivity index (χ2n) is 5.25. The van der Waals surface area contributed by atoms with Crippen molar-refractivity contribution in [2.45, 2.75) is 6.42 Å². The minimum absolute atomic E-state index is 0.117. The Morgan fingerprint density at radius 2 is 1.95 bits per heavy atom. The highest BCUT2D eigenvalue weighted by atomic mass is 16.3. The van der Waals surface area contributed by atoms with Crippen molar-refractivity contribution >= 4 is 5.91 Å². The summed E-state index contributed by atoms with van der Waals surface area (Å²) in [5, 5.41) is 12.5. The highest BCUT2D eigenvalue weighted by Gasteiger charge is 2.13. The van der Waals surface area contributed by atoms with Crippen molar-refractivity contribution in [3.63, 3.8) is 0 Å². The van der Waals surface area contributed by atoms with Crippen LogP contribution in [0, 0.1) is 0 Å². The van der Waals surface area contributed by atoms with E-state index >= 15 is 0 Å². The van der Waals surface area contributed by atoms with Crippen LogP contribution < -0.4 is 5.32 Å². The molecule has 0 bridgehead atoms. The van der Waals surface area contributed by atoms with E-state index < -0.39 is 0 Å². The average Bonchev–Trinajstić information content (AvgIpc) is 2.48. The van der Waals surface area contributed by atoms with Gasteiger partial charge in [0.15, 0.2) is 0 Å². The summed E-state index contributed by atoms with van der Waals surface area (Å²) in [5.41, 5.74) is 0.932. The first-order chi connectivity index (χ1) is 9.65. The third-order valence-corrected chi connectivity index (χ3v) is 3.68. The smallest absolute Gasteiger partial charge is 0.226 e. The van der Waals surface area contributed by atoms with Crippen molar-refractivity contribution in [3.8, 4) is 5.75 Å². The normalized spacial score (nSPS) is 16.1. The fourth-order valence-corrected chi connectivity index (χ4v) is 2.27. The highest BCUT2D eigenvalue weighted by molar-refractivity contribution is 5.78. The van der Waals surface area contributed by atoms with Gasteiger partial charge in [0.1, 0.15) is 5.75 Å². The van der Waals surface area contributed by atoms with Crippen LogP contribution in [0.5, 0.6) is 5.75 Å². The highest BCUT2D eigenvalue weighted by Crippen LogP contribution is 2.10. The molecule has 110 valence electrons. The Labute approximate surface area is 120 Å². The lowest BCUT2D eigenvalue weighted by atomic mass is 10.1. The molecule has 0 aromatic heterocycles. The molecule has 1 amide bonds. The number of piperazine rings is 1. The largest absolute Gasteiger partial charge is 0.508 e. The fraction of sp³-hybridized carbons (Fsp3) is 0.533. The molecule has 5 heteroatoms. The van der Waals surface area contributed by atoms with Crippen LogP contribution >= 0.6 is 0 Å². The zero-order chi connectivity index (χ0) is 14.4. The summed E-state index contributed by atoms with van der Waals surface area (Å²) in [6, 6.07) is 6.81. The predicted molar refractivity (Wildman–Crippen MR) is 78.8 cm³/mol. The molecule has 0 saturated carbocycles. The molecular formula is C15H23N3O2. The van der Waals surface area contributed by atoms with E-state index in [4.69, 9.17) is 0 Å². The van der Waals surface area contributed by atoms with Gasteiger partial charge in [-0.2, -0.15) is 0 Å². The van der Waals surface area contributed by atoms with Gasteiger partial charge in [0.05, 0.1) is 6.42 Å². The lowest BCUT2D eigenvalue weighted by molar-refractivity contribution is -0.129. The van der Waals surface area contributed by atoms with Crippen molar-refractivity contribution in [1.82, 2.24) is 15.1 Å². The van der Waals surface area contributed by atoms with Crippen LogP contribution in [0.2, 0.25) is 0 Å². The van der Waals surface area contributed by atoms with E-state index in [0.717, 1.165) is 44.8 Å². The average molecular weight is 277 g/mol. The van der Waals surface area contributed by atoms with Gasteiger partial charge in [0, 0.05) is 46.3 Å². The van der Waals surface area contributed by atoms with Gasteiger partial charge in [-0.25, -0.2) is 0 Å². The van der Waals surface area contributed by atoms with Crippen LogP contribution in [0.15, 0.2) is 24.3 Å². The number of benzene rings is 1. The molecule has 1 aliphatic heterocycles. The van der Waals surface area contributed by atoms with Crippen LogP contribution in [0.1, 0.15) is 5.56 Å². The minimum atomic E-state index is 0.117. The molecule has 0 radical (unpaired) electrons. The van der Waals surface area contributed by atoms with E-state index in [-0.39, 0.29) is 11.7 Å². The second kappa shape index (κ2) is 7.26. The zero-order valence-electron chi connectivity index (χ0n) is 12.0. The van der Waals surface area contributed by atoms with Crippen molar-refractivity contribution in [3.05, 3.63) is 29.8 Å². The van der Waals surface area contributed by atoms with E-state index in [1.807, 2.05) is 7.05 Å². The van der Waals surface area contributed by atoms with Crippen molar-refractivity contribution in [2.75, 3.05) is 46.3 Å². The van der Waals surface area contributed by atoms with Crippen LogP contribution in [0.4, 0.5) is 0 Å². The molecule has 2 N–H and O–H groups in total. The van der Waals surface area contributed by atoms with Gasteiger partial charge in [0.2, 0.25) is 5.91 Å². The molecular weight excluding hydrogens is 254 g/mol. The number of nitrogens with zero attached hydrogens (tertiary/aromatic N) is 2. The van der Waals surface area contributed by atoms with E-state index in [1.54, 1.807) is 29.2 Å². The molecule has 5 nitrogen and oxygen atoms in total. The number of aromatic hydroxyl groups is 1. The third kappa shape index (κ3) is 4.51. The molecule has 20 heavy (non-hydrogen) atoms. The minimum Gasteiger partial charge on any atom is -0.508 e. The number of likely N-dealkylation sites (N-methyl/N-ethyl adjacent to an activating group) is 1. The molecule has 1 saturated heterocycles. The van der Waals surface area contributed by atoms with E-state index in [2.05, 4.69) is 10.2 Å². The standard InChI is InChI=1S/C15H23N3O2/c1-17(10-11-18-8-6-16-7-9-18)15(20)12-13-2-4-14(19)5-3-13/h2-5,16,19H,6-12H2,1H3. The number of nitrogens with one attached hydrogen (secondary N) is 1. The monoisotopic (exact) mass is 277 g/mol. The van der Waals surface area contributed by atoms with Crippen LogP contribution in [0.25, 0.3) is 0 Å². The fourth-order valence-electron chi connectivity index (χ4n) is 2.27. The van der Waals surface area contributed by atoms with E-state index in [1.165, 1.54) is 0 Å². The van der Waals surface area contributed by atoms with E-state index in [9.17, 15) is 9.90 Å². The van der Waals surface area contributed by atoms with Crippen molar-refractivity contribution in [2.24, 2.45) is 0 Å². The Morgan fingerprint density at radius 3 is 2.60 bits per heavy atom. The molecule has 1 aromatic carbocycles. The molecule has 0 unspecified atom stereocenters. The van der Waals surface area contributed by atoms with Crippen molar-refractivity contribution in [1.29, 1.82) is 0 Å². The van der Waals surface area contributed by atoms with Crippen LogP contribution in [-0.4, -0.2) is 67.1 Å². The third-order valence-electron chi connectivity index (χ3n) is 3.68. The second-order valence-corrected chi connectivity index (χ2v) is 5.25. The summed E-state index contributed by atoms with van der Waals surface area (Å²) < 4.78 is 0. The maximum Gasteiger partial charge on any atom is 0.226 e. The Hall–Kier alpha value is -1.59. The predicted octanol–water partition coefficient (Wildman–Crippen LogP) is 0.298. The molecule has 2 rings (SSSR count). The lowest BCUT2D eigenvalue weighted by Gasteiger charge is -2.29. The number of hydrogen-bond acceptors (Lipinski definition) is 4. The van der Waals surface area contributed by atoms with Crippen molar-refractivity contribution < 1.29 is 9.90 Å². The number of carbonyl (C=O) groups excluding carboxylic acids is 1. The zero-order valence-corrected chi connectivity index (χ0v) is 12.0. The summed E-state index contributed by atoms with van der Waals surface area (Å²) in [5.74, 6) is 0.346. The van der Waals surface area contributed by atoms with Gasteiger partial charge in [-0.05, 0) is 17.7 Å². The quantitative estimate of drug-likeness (QED) is 0.813. The lowest BCUT2D eigenvalue weighted by Crippen LogP contribution is -2.46. The number of carbonyl (C=O) groups is 1. The molecule has 0 aliphatic carbocycles. The first-order valence-corrected chi connectivity index (χ1v) is 7.10. The Morgan fingerprint density at radius 1 is 1.30 bits per heavy atom. The van der Waals surface area contributed by atoms with E-state index in [0.29, 0.717) is 6.42 Å². The van der Waals surface area contributed by atoms with Gasteiger partial charge in [-0.1, -0.05) is 12.1 Å². The Bertz CT molecular complexity index is 427. The molecule has 0 atom stereocenters. The number of amides is 1. The summed E-state index contributed by atoms with van der Waals surface area (Å²) in [4.78, 5) is 16.3. The van der Waals surface area contributed by atoms with Gasteiger partial charge in [-0.3, -0.25) is 9.69 Å². The first kappa shape index (κ1) is 14.8. The number of rotatable bonds is 5. The molecule has 1 aromatic rings. The van der Waals surface area contributed by atoms with Gasteiger partial charge < -0.3 is 15.3 Å². The topological polar surface area (TPSA) is 55.8 Å². The maximum absolute atomic E-state index is 12.1. The summed E-state index contributed by atoms with van der Waals surface area (Å²) in [7, 11) is 1.85. The van der Waals surface area contributed by atoms with Crippen LogP contribution in [0.3, 0.4) is 0 Å². The maximum atomic E-state index is 12.1. The summed E-state index contributed by atoms with van der Waals surface area (Å²) >= 11 is 0. The molecule has 1 aliphatic rings. The summed E-state index contributed by atoms with van der Waals surface area (Å²) in [6.45, 7) is 5.87. The van der Waals surface area contributed by atoms with Gasteiger partial charge in [0.25, 0.3) is 0 Å². The van der Waals surface area contributed by atoms with Gasteiger partial charge in [-0.15, -0.1) is 0 Å². The Kier molecular flexibility index (Phi) is 5.38. The van der Waals surface area contributed by atoms with Gasteiger partial charge >= 0.3 is 0 Å². The number of phenolic OH excluding ortho intramolecular Hbond substituents is 1. The molecule has 0 spiro atoms. The summed E-state index contributed by atoms with van der Waals surface area (Å²) in [6.07, 6.45) is 0.387. The number of hydrogen-bond donors (Lipinski definition) is 2. The molecule has 1 fully saturated rings. The van der Waals surface area contributed by atoms with Crippen LogP contribution in [-0.2, 0) is 11.2 Å². The molecule has 1 heterocycles. The number of phenols is 1. The Balaban J connectivity index is 1.75.